The van der Waals surface area contributed by atoms with Crippen LogP contribution in [0, 0.1) is 0 Å². The summed E-state index contributed by atoms with van der Waals surface area (Å²) in [6, 6.07) is 0. The molecule has 2 N–H and O–H groups in total. The average Bonchev–Trinajstić information content (AvgIpc) is 2.15. The molecule has 1 fully saturated rings. The van der Waals surface area contributed by atoms with Gasteiger partial charge in [-0.05, 0) is 5.25 Å². The third-order valence-corrected chi connectivity index (χ3v) is 2.51. The van der Waals surface area contributed by atoms with Gasteiger partial charge in [0.05, 0.1) is 0 Å². The van der Waals surface area contributed by atoms with Crippen molar-refractivity contribution in [1.82, 2.24) is 10.9 Å². The minimum absolute atomic E-state index is 0.761. The van der Waals surface area contributed by atoms with Crippen LogP contribution in [0.3, 0.4) is 0 Å². The maximum atomic E-state index is 3.11. The van der Waals surface area contributed by atoms with Crippen LogP contribution in [0.25, 0.3) is 0 Å². The fourth-order valence-electron chi connectivity index (χ4n) is 0.925. The van der Waals surface area contributed by atoms with E-state index in [4.69, 9.17) is 0 Å². The lowest BCUT2D eigenvalue weighted by atomic mass is 10.5. The quantitative estimate of drug-likeness (QED) is 0.596. The largest absolute Gasteiger partial charge is 0.257 e. The molecule has 0 spiro atoms. The van der Waals surface area contributed by atoms with Crippen LogP contribution in [-0.4, -0.2) is 23.6 Å². The van der Waals surface area contributed by atoms with Gasteiger partial charge in [-0.25, -0.2) is 0 Å². The van der Waals surface area contributed by atoms with Crippen LogP contribution in [0.4, 0.5) is 0 Å². The third kappa shape index (κ3) is 2.56. The van der Waals surface area contributed by atoms with Crippen LogP contribution in [-0.2, 0) is 0 Å². The molecule has 0 bridgehead atoms. The molecule has 1 heterocycles. The Hall–Kier alpha value is 0.270. The molecule has 9 heavy (non-hydrogen) atoms. The minimum Gasteiger partial charge on any atom is -0.257 e. The zero-order valence-corrected chi connectivity index (χ0v) is 6.79. The lowest BCUT2D eigenvalue weighted by Crippen LogP contribution is -2.21. The van der Waals surface area contributed by atoms with Gasteiger partial charge in [0.1, 0.15) is 0 Å². The number of hydrogen-bond donors (Lipinski definition) is 2. The van der Waals surface area contributed by atoms with E-state index in [9.17, 15) is 0 Å². The van der Waals surface area contributed by atoms with Crippen molar-refractivity contribution in [2.45, 2.75) is 24.3 Å². The van der Waals surface area contributed by atoms with Gasteiger partial charge in [0.2, 0.25) is 0 Å². The Bertz CT molecular complexity index is 79.1. The molecule has 1 aliphatic rings. The molecule has 0 aliphatic carbocycles. The molecule has 0 aromatic carbocycles. The molecule has 0 amide bonds. The molecule has 1 aliphatic heterocycles. The van der Waals surface area contributed by atoms with Crippen molar-refractivity contribution in [1.29, 1.82) is 0 Å². The second kappa shape index (κ2) is 3.44. The van der Waals surface area contributed by atoms with Gasteiger partial charge in [-0.1, -0.05) is 13.8 Å². The first-order valence-corrected chi connectivity index (χ1v) is 4.34. The van der Waals surface area contributed by atoms with Gasteiger partial charge in [0, 0.05) is 18.3 Å². The fourth-order valence-corrected chi connectivity index (χ4v) is 2.05. The van der Waals surface area contributed by atoms with E-state index in [0.29, 0.717) is 0 Å². The Kier molecular flexibility index (Phi) is 2.82. The second-order valence-electron chi connectivity index (χ2n) is 2.57. The Morgan fingerprint density at radius 3 is 2.33 bits per heavy atom. The lowest BCUT2D eigenvalue weighted by Gasteiger charge is -2.08. The van der Waals surface area contributed by atoms with E-state index in [1.165, 1.54) is 0 Å². The number of hydrogen-bond acceptors (Lipinski definition) is 3. The van der Waals surface area contributed by atoms with Crippen molar-refractivity contribution < 1.29 is 0 Å². The number of rotatable bonds is 2. The molecule has 0 unspecified atom stereocenters. The molecule has 0 saturated carbocycles. The molecule has 0 atom stereocenters. The predicted octanol–water partition coefficient (Wildman–Crippen LogP) is 0.604. The van der Waals surface area contributed by atoms with Crippen molar-refractivity contribution in [3.8, 4) is 0 Å². The molecule has 3 heteroatoms. The first-order chi connectivity index (χ1) is 4.29. The van der Waals surface area contributed by atoms with Crippen molar-refractivity contribution in [2.75, 3.05) is 13.1 Å². The first-order valence-electron chi connectivity index (χ1n) is 3.40. The maximum absolute atomic E-state index is 3.11. The molecule has 54 valence electrons. The molecule has 1 rings (SSSR count). The second-order valence-corrected chi connectivity index (χ2v) is 4.45. The van der Waals surface area contributed by atoms with Gasteiger partial charge in [0.15, 0.2) is 0 Å². The summed E-state index contributed by atoms with van der Waals surface area (Å²) in [4.78, 5) is 0. The van der Waals surface area contributed by atoms with E-state index >= 15 is 0 Å². The summed E-state index contributed by atoms with van der Waals surface area (Å²) in [5.74, 6) is 0. The molecule has 0 aromatic heterocycles. The minimum atomic E-state index is 0.761. The number of hydrazine groups is 1. The highest BCUT2D eigenvalue weighted by Gasteiger charge is 2.14. The maximum Gasteiger partial charge on any atom is 0.0327 e. The van der Waals surface area contributed by atoms with E-state index in [1.54, 1.807) is 0 Å². The lowest BCUT2D eigenvalue weighted by molar-refractivity contribution is 0.689. The van der Waals surface area contributed by atoms with Crippen LogP contribution in [0.1, 0.15) is 13.8 Å². The van der Waals surface area contributed by atoms with Crippen LogP contribution >= 0.6 is 11.8 Å². The summed E-state index contributed by atoms with van der Waals surface area (Å²) in [6.07, 6.45) is 0. The summed E-state index contributed by atoms with van der Waals surface area (Å²) in [6.45, 7) is 6.71. The van der Waals surface area contributed by atoms with Gasteiger partial charge < -0.3 is 0 Å². The number of nitrogens with one attached hydrogen (secondary N) is 2. The summed E-state index contributed by atoms with van der Waals surface area (Å²) in [5.41, 5.74) is 6.21. The monoisotopic (exact) mass is 146 g/mol. The van der Waals surface area contributed by atoms with E-state index in [2.05, 4.69) is 24.7 Å². The van der Waals surface area contributed by atoms with Gasteiger partial charge in [0.25, 0.3) is 0 Å². The molecular formula is C6H14N2S. The molecule has 0 aromatic rings. The van der Waals surface area contributed by atoms with E-state index < -0.39 is 0 Å². The molecular weight excluding hydrogens is 132 g/mol. The average molecular weight is 146 g/mol. The van der Waals surface area contributed by atoms with Crippen LogP contribution in [0.5, 0.6) is 0 Å². The topological polar surface area (TPSA) is 24.1 Å². The smallest absolute Gasteiger partial charge is 0.0327 e. The van der Waals surface area contributed by atoms with Gasteiger partial charge in [-0.15, -0.1) is 0 Å². The summed E-state index contributed by atoms with van der Waals surface area (Å²) < 4.78 is 0. The third-order valence-electron chi connectivity index (χ3n) is 1.25. The molecule has 2 nitrogen and oxygen atoms in total. The number of thioether (sulfide) groups is 1. The van der Waals surface area contributed by atoms with Crippen molar-refractivity contribution in [3.63, 3.8) is 0 Å². The van der Waals surface area contributed by atoms with Crippen LogP contribution < -0.4 is 10.9 Å². The highest BCUT2D eigenvalue weighted by atomic mass is 32.2. The normalized spacial score (nSPS) is 21.7. The van der Waals surface area contributed by atoms with Crippen molar-refractivity contribution in [3.05, 3.63) is 0 Å². The van der Waals surface area contributed by atoms with Crippen molar-refractivity contribution >= 4 is 11.8 Å². The predicted molar refractivity (Wildman–Crippen MR) is 42.5 cm³/mol. The Labute approximate surface area is 60.8 Å². The zero-order chi connectivity index (χ0) is 6.69. The molecule has 0 radical (unpaired) electrons. The highest BCUT2D eigenvalue weighted by molar-refractivity contribution is 8.00. The van der Waals surface area contributed by atoms with E-state index in [0.717, 1.165) is 23.6 Å². The van der Waals surface area contributed by atoms with Gasteiger partial charge in [-0.2, -0.15) is 11.8 Å². The Morgan fingerprint density at radius 2 is 1.89 bits per heavy atom. The fraction of sp³-hybridized carbons (Fsp3) is 1.00. The van der Waals surface area contributed by atoms with Crippen molar-refractivity contribution in [2.24, 2.45) is 0 Å². The van der Waals surface area contributed by atoms with Gasteiger partial charge in [-0.3, -0.25) is 10.9 Å². The van der Waals surface area contributed by atoms with Crippen LogP contribution in [0.2, 0.25) is 0 Å². The summed E-state index contributed by atoms with van der Waals surface area (Å²) in [7, 11) is 0. The highest BCUT2D eigenvalue weighted by Crippen LogP contribution is 2.17. The summed E-state index contributed by atoms with van der Waals surface area (Å²) in [5, 5.41) is 1.54. The van der Waals surface area contributed by atoms with Gasteiger partial charge >= 0.3 is 0 Å². The van der Waals surface area contributed by atoms with E-state index in [-0.39, 0.29) is 0 Å². The summed E-state index contributed by atoms with van der Waals surface area (Å²) >= 11 is 2.04. The molecule has 1 saturated heterocycles. The standard InChI is InChI=1S/C6H14N2S/c1-5(2)9-6-3-7-8-4-6/h5-8H,3-4H2,1-2H3. The SMILES string of the molecule is CC(C)SC1CNNC1. The first kappa shape index (κ1) is 7.38. The van der Waals surface area contributed by atoms with Crippen LogP contribution in [0.15, 0.2) is 0 Å². The Balaban J connectivity index is 2.11. The van der Waals surface area contributed by atoms with E-state index in [1.807, 2.05) is 11.8 Å². The zero-order valence-electron chi connectivity index (χ0n) is 5.98. The Morgan fingerprint density at radius 1 is 1.33 bits per heavy atom.